The number of rotatable bonds is 5. The van der Waals surface area contributed by atoms with Gasteiger partial charge in [0.2, 0.25) is 0 Å². The van der Waals surface area contributed by atoms with Crippen LogP contribution in [0.3, 0.4) is 0 Å². The molecule has 0 fully saturated rings. The van der Waals surface area contributed by atoms with Gasteiger partial charge >= 0.3 is 0 Å². The van der Waals surface area contributed by atoms with E-state index < -0.39 is 9.84 Å². The molecule has 1 rings (SSSR count). The summed E-state index contributed by atoms with van der Waals surface area (Å²) in [5.41, 5.74) is 6.90. The van der Waals surface area contributed by atoms with E-state index in [4.69, 9.17) is 18.0 Å². The Bertz CT molecular complexity index is 507. The molecule has 0 aromatic heterocycles. The Kier molecular flexibility index (Phi) is 4.65. The summed E-state index contributed by atoms with van der Waals surface area (Å²) in [6.45, 7) is 3.77. The summed E-state index contributed by atoms with van der Waals surface area (Å²) in [5, 5.41) is 0. The minimum absolute atomic E-state index is 0.00130. The summed E-state index contributed by atoms with van der Waals surface area (Å²) in [6.07, 6.45) is 0. The summed E-state index contributed by atoms with van der Waals surface area (Å²) in [4.78, 5) is 0.236. The van der Waals surface area contributed by atoms with Crippen molar-refractivity contribution < 1.29 is 8.42 Å². The van der Waals surface area contributed by atoms with E-state index >= 15 is 0 Å². The molecule has 0 aliphatic heterocycles. The Balaban J connectivity index is 3.00. The highest BCUT2D eigenvalue weighted by Crippen LogP contribution is 2.14. The van der Waals surface area contributed by atoms with Crippen LogP contribution < -0.4 is 5.73 Å². The average molecular weight is 271 g/mol. The molecule has 94 valence electrons. The molecule has 0 bridgehead atoms. The van der Waals surface area contributed by atoms with Gasteiger partial charge in [-0.25, -0.2) is 8.42 Å². The zero-order valence-electron chi connectivity index (χ0n) is 10.0. The van der Waals surface area contributed by atoms with Crippen molar-refractivity contribution in [2.45, 2.75) is 19.6 Å². The van der Waals surface area contributed by atoms with E-state index in [2.05, 4.69) is 0 Å². The first-order valence-corrected chi connectivity index (χ1v) is 7.63. The van der Waals surface area contributed by atoms with Gasteiger partial charge in [-0.3, -0.25) is 0 Å². The van der Waals surface area contributed by atoms with Gasteiger partial charge in [0, 0.05) is 5.56 Å². The molecule has 0 heterocycles. The maximum atomic E-state index is 11.9. The second-order valence-corrected chi connectivity index (χ2v) is 7.02. The molecule has 17 heavy (non-hydrogen) atoms. The van der Waals surface area contributed by atoms with E-state index in [1.165, 1.54) is 0 Å². The number of hydrogen-bond acceptors (Lipinski definition) is 3. The number of nitrogens with two attached hydrogens (primary N) is 1. The summed E-state index contributed by atoms with van der Waals surface area (Å²) >= 11 is 4.91. The monoisotopic (exact) mass is 271 g/mol. The quantitative estimate of drug-likeness (QED) is 0.831. The predicted molar refractivity (Wildman–Crippen MR) is 74.7 cm³/mol. The van der Waals surface area contributed by atoms with Crippen LogP contribution in [0.15, 0.2) is 24.3 Å². The molecule has 3 nitrogen and oxygen atoms in total. The van der Waals surface area contributed by atoms with Crippen LogP contribution in [0.4, 0.5) is 0 Å². The Labute approximate surface area is 108 Å². The Morgan fingerprint density at radius 3 is 2.47 bits per heavy atom. The van der Waals surface area contributed by atoms with Crippen molar-refractivity contribution in [3.05, 3.63) is 35.4 Å². The van der Waals surface area contributed by atoms with Crippen LogP contribution in [0.25, 0.3) is 0 Å². The number of thiocarbonyl (C=S) groups is 1. The number of hydrogen-bond donors (Lipinski definition) is 1. The molecule has 1 aromatic rings. The van der Waals surface area contributed by atoms with E-state index in [0.717, 1.165) is 0 Å². The number of benzene rings is 1. The maximum Gasteiger partial charge on any atom is 0.154 e. The molecule has 0 aliphatic rings. The minimum atomic E-state index is -3.11. The summed E-state index contributed by atoms with van der Waals surface area (Å²) in [5.74, 6) is 0.300. The van der Waals surface area contributed by atoms with E-state index in [1.807, 2.05) is 13.8 Å². The Morgan fingerprint density at radius 1 is 1.35 bits per heavy atom. The van der Waals surface area contributed by atoms with Gasteiger partial charge in [0.1, 0.15) is 4.99 Å². The van der Waals surface area contributed by atoms with Crippen LogP contribution in [0, 0.1) is 5.92 Å². The third kappa shape index (κ3) is 4.44. The standard InChI is InChI=1S/C12H17NO2S2/c1-9(2)7-17(14,15)8-10-5-3-4-6-11(10)12(13)16/h3-6,9H,7-8H2,1-2H3,(H2,13,16). The molecule has 0 atom stereocenters. The summed E-state index contributed by atoms with van der Waals surface area (Å²) in [6, 6.07) is 7.10. The highest BCUT2D eigenvalue weighted by Gasteiger charge is 2.16. The van der Waals surface area contributed by atoms with E-state index in [-0.39, 0.29) is 22.4 Å². The lowest BCUT2D eigenvalue weighted by atomic mass is 10.1. The normalized spacial score (nSPS) is 11.7. The fourth-order valence-corrected chi connectivity index (χ4v) is 3.75. The summed E-state index contributed by atoms with van der Waals surface area (Å²) < 4.78 is 23.8. The molecule has 2 N–H and O–H groups in total. The summed E-state index contributed by atoms with van der Waals surface area (Å²) in [7, 11) is -3.11. The second-order valence-electron chi connectivity index (χ2n) is 4.47. The van der Waals surface area contributed by atoms with Crippen LogP contribution in [0.1, 0.15) is 25.0 Å². The molecule has 0 saturated heterocycles. The van der Waals surface area contributed by atoms with E-state index in [9.17, 15) is 8.42 Å². The van der Waals surface area contributed by atoms with Gasteiger partial charge in [-0.15, -0.1) is 0 Å². The fourth-order valence-electron chi connectivity index (χ4n) is 1.69. The molecule has 0 radical (unpaired) electrons. The molecule has 0 aliphatic carbocycles. The van der Waals surface area contributed by atoms with Crippen LogP contribution in [-0.4, -0.2) is 19.2 Å². The van der Waals surface area contributed by atoms with Crippen molar-refractivity contribution in [2.24, 2.45) is 11.7 Å². The van der Waals surface area contributed by atoms with Crippen molar-refractivity contribution in [3.63, 3.8) is 0 Å². The van der Waals surface area contributed by atoms with Crippen LogP contribution in [-0.2, 0) is 15.6 Å². The average Bonchev–Trinajstić information content (AvgIpc) is 2.14. The highest BCUT2D eigenvalue weighted by molar-refractivity contribution is 7.90. The molecule has 0 spiro atoms. The molecule has 0 saturated carbocycles. The lowest BCUT2D eigenvalue weighted by molar-refractivity contribution is 0.581. The SMILES string of the molecule is CC(C)CS(=O)(=O)Cc1ccccc1C(N)=S. The second kappa shape index (κ2) is 5.60. The molecule has 0 amide bonds. The zero-order chi connectivity index (χ0) is 13.1. The zero-order valence-corrected chi connectivity index (χ0v) is 11.6. The number of sulfone groups is 1. The third-order valence-corrected chi connectivity index (χ3v) is 4.39. The van der Waals surface area contributed by atoms with Gasteiger partial charge in [-0.05, 0) is 11.5 Å². The van der Waals surface area contributed by atoms with Crippen molar-refractivity contribution in [1.82, 2.24) is 0 Å². The topological polar surface area (TPSA) is 60.2 Å². The van der Waals surface area contributed by atoms with Crippen molar-refractivity contribution in [2.75, 3.05) is 5.75 Å². The van der Waals surface area contributed by atoms with Gasteiger partial charge in [-0.1, -0.05) is 50.3 Å². The fraction of sp³-hybridized carbons (Fsp3) is 0.417. The molecular formula is C12H17NO2S2. The molecule has 5 heteroatoms. The van der Waals surface area contributed by atoms with Crippen molar-refractivity contribution >= 4 is 27.0 Å². The predicted octanol–water partition coefficient (Wildman–Crippen LogP) is 1.89. The van der Waals surface area contributed by atoms with Gasteiger partial charge in [-0.2, -0.15) is 0 Å². The van der Waals surface area contributed by atoms with E-state index in [0.29, 0.717) is 11.1 Å². The Hall–Kier alpha value is -0.940. The first-order valence-electron chi connectivity index (χ1n) is 5.40. The smallest absolute Gasteiger partial charge is 0.154 e. The van der Waals surface area contributed by atoms with Crippen LogP contribution >= 0.6 is 12.2 Å². The van der Waals surface area contributed by atoms with E-state index in [1.54, 1.807) is 24.3 Å². The van der Waals surface area contributed by atoms with Gasteiger partial charge in [0.05, 0.1) is 11.5 Å². The first-order chi connectivity index (χ1) is 7.82. The largest absolute Gasteiger partial charge is 0.389 e. The first kappa shape index (κ1) is 14.1. The minimum Gasteiger partial charge on any atom is -0.389 e. The van der Waals surface area contributed by atoms with Gasteiger partial charge in [0.25, 0.3) is 0 Å². The lowest BCUT2D eigenvalue weighted by Gasteiger charge is -2.10. The maximum absolute atomic E-state index is 11.9. The van der Waals surface area contributed by atoms with Crippen molar-refractivity contribution in [3.8, 4) is 0 Å². The third-order valence-electron chi connectivity index (χ3n) is 2.25. The van der Waals surface area contributed by atoms with Crippen LogP contribution in [0.2, 0.25) is 0 Å². The Morgan fingerprint density at radius 2 is 1.94 bits per heavy atom. The van der Waals surface area contributed by atoms with Gasteiger partial charge < -0.3 is 5.73 Å². The van der Waals surface area contributed by atoms with Crippen molar-refractivity contribution in [1.29, 1.82) is 0 Å². The molecular weight excluding hydrogens is 254 g/mol. The molecule has 0 unspecified atom stereocenters. The highest BCUT2D eigenvalue weighted by atomic mass is 32.2. The lowest BCUT2D eigenvalue weighted by Crippen LogP contribution is -2.18. The van der Waals surface area contributed by atoms with Gasteiger partial charge in [0.15, 0.2) is 9.84 Å². The molecule has 1 aromatic carbocycles. The van der Waals surface area contributed by atoms with Crippen LogP contribution in [0.5, 0.6) is 0 Å².